The van der Waals surface area contributed by atoms with Crippen LogP contribution in [0, 0.1) is 11.2 Å². The van der Waals surface area contributed by atoms with Gasteiger partial charge in [0.05, 0.1) is 23.1 Å². The number of benzene rings is 1. The van der Waals surface area contributed by atoms with E-state index in [4.69, 9.17) is 10.2 Å². The maximum atomic E-state index is 13.7. The number of rotatable bonds is 3. The molecular weight excluding hydrogens is 373 g/mol. The van der Waals surface area contributed by atoms with Gasteiger partial charge in [-0.1, -0.05) is 13.8 Å². The molecule has 1 saturated heterocycles. The van der Waals surface area contributed by atoms with E-state index in [-0.39, 0.29) is 46.6 Å². The average molecular weight is 396 g/mol. The second-order valence-electron chi connectivity index (χ2n) is 7.27. The fraction of sp³-hybridized carbons (Fsp3) is 0.368. The smallest absolute Gasteiger partial charge is 0.258 e. The number of carbonyl (C=O) groups excluding carboxylic acids is 2. The highest BCUT2D eigenvalue weighted by molar-refractivity contribution is 6.08. The molecule has 0 aliphatic carbocycles. The SMILES string of the molecule is CC1(C)CN(C(=O)c2ccc(F)cc2NC(=O)c2ccoc2)CCC1N.Cl. The van der Waals surface area contributed by atoms with Gasteiger partial charge in [0.25, 0.3) is 11.8 Å². The number of hydrogen-bond donors (Lipinski definition) is 2. The molecule has 1 unspecified atom stereocenters. The van der Waals surface area contributed by atoms with E-state index < -0.39 is 11.7 Å². The monoisotopic (exact) mass is 395 g/mol. The van der Waals surface area contributed by atoms with E-state index in [2.05, 4.69) is 5.32 Å². The predicted octanol–water partition coefficient (Wildman–Crippen LogP) is 3.29. The molecule has 8 heteroatoms. The van der Waals surface area contributed by atoms with E-state index in [9.17, 15) is 14.0 Å². The summed E-state index contributed by atoms with van der Waals surface area (Å²) < 4.78 is 18.6. The molecule has 1 fully saturated rings. The summed E-state index contributed by atoms with van der Waals surface area (Å²) in [5.41, 5.74) is 6.58. The number of hydrogen-bond acceptors (Lipinski definition) is 4. The minimum atomic E-state index is -0.537. The van der Waals surface area contributed by atoms with Crippen molar-refractivity contribution in [2.45, 2.75) is 26.3 Å². The summed E-state index contributed by atoms with van der Waals surface area (Å²) in [5.74, 6) is -1.27. The average Bonchev–Trinajstić information content (AvgIpc) is 3.11. The molecule has 2 aromatic rings. The first kappa shape index (κ1) is 20.9. The Balaban J connectivity index is 0.00000261. The minimum Gasteiger partial charge on any atom is -0.472 e. The van der Waals surface area contributed by atoms with Gasteiger partial charge in [-0.3, -0.25) is 9.59 Å². The first-order valence-corrected chi connectivity index (χ1v) is 8.46. The summed E-state index contributed by atoms with van der Waals surface area (Å²) in [6, 6.07) is 5.25. The van der Waals surface area contributed by atoms with Crippen LogP contribution in [0.25, 0.3) is 0 Å². The van der Waals surface area contributed by atoms with Gasteiger partial charge in [-0.05, 0) is 36.1 Å². The van der Waals surface area contributed by atoms with Crippen LogP contribution in [-0.4, -0.2) is 35.8 Å². The van der Waals surface area contributed by atoms with Crippen LogP contribution in [0.5, 0.6) is 0 Å². The van der Waals surface area contributed by atoms with Crippen molar-refractivity contribution in [3.05, 3.63) is 53.7 Å². The minimum absolute atomic E-state index is 0. The summed E-state index contributed by atoms with van der Waals surface area (Å²) in [7, 11) is 0. The van der Waals surface area contributed by atoms with Crippen LogP contribution < -0.4 is 11.1 Å². The van der Waals surface area contributed by atoms with Crippen molar-refractivity contribution >= 4 is 29.9 Å². The topological polar surface area (TPSA) is 88.6 Å². The van der Waals surface area contributed by atoms with Crippen molar-refractivity contribution < 1.29 is 18.4 Å². The molecule has 0 saturated carbocycles. The van der Waals surface area contributed by atoms with Gasteiger partial charge in [-0.25, -0.2) is 4.39 Å². The van der Waals surface area contributed by atoms with E-state index in [0.29, 0.717) is 19.5 Å². The van der Waals surface area contributed by atoms with Crippen LogP contribution in [0.4, 0.5) is 10.1 Å². The van der Waals surface area contributed by atoms with Gasteiger partial charge in [-0.2, -0.15) is 0 Å². The lowest BCUT2D eigenvalue weighted by atomic mass is 9.79. The predicted molar refractivity (Wildman–Crippen MR) is 103 cm³/mol. The standard InChI is InChI=1S/C19H22FN3O3.ClH/c1-19(2)11-23(7-5-16(19)21)18(25)14-4-3-13(20)9-15(14)22-17(24)12-6-8-26-10-12;/h3-4,6,8-10,16H,5,7,11,21H2,1-2H3,(H,22,24);1H. The van der Waals surface area contributed by atoms with E-state index in [0.717, 1.165) is 6.07 Å². The highest BCUT2D eigenvalue weighted by Gasteiger charge is 2.36. The Morgan fingerprint density at radius 1 is 1.33 bits per heavy atom. The zero-order valence-electron chi connectivity index (χ0n) is 15.2. The molecule has 3 rings (SSSR count). The van der Waals surface area contributed by atoms with Crippen molar-refractivity contribution in [3.63, 3.8) is 0 Å². The Morgan fingerprint density at radius 2 is 2.07 bits per heavy atom. The number of furan rings is 1. The Morgan fingerprint density at radius 3 is 2.70 bits per heavy atom. The Hall–Kier alpha value is -2.38. The first-order chi connectivity index (χ1) is 12.3. The maximum Gasteiger partial charge on any atom is 0.258 e. The van der Waals surface area contributed by atoms with E-state index in [1.807, 2.05) is 13.8 Å². The van der Waals surface area contributed by atoms with Crippen molar-refractivity contribution in [2.75, 3.05) is 18.4 Å². The molecule has 0 spiro atoms. The highest BCUT2D eigenvalue weighted by Crippen LogP contribution is 2.30. The molecule has 1 atom stereocenters. The lowest BCUT2D eigenvalue weighted by Crippen LogP contribution is -2.54. The van der Waals surface area contributed by atoms with E-state index >= 15 is 0 Å². The summed E-state index contributed by atoms with van der Waals surface area (Å²) in [4.78, 5) is 26.9. The van der Waals surface area contributed by atoms with Gasteiger partial charge < -0.3 is 20.4 Å². The van der Waals surface area contributed by atoms with Crippen LogP contribution in [0.2, 0.25) is 0 Å². The number of nitrogens with zero attached hydrogens (tertiary/aromatic N) is 1. The number of piperidine rings is 1. The summed E-state index contributed by atoms with van der Waals surface area (Å²) in [6.07, 6.45) is 3.34. The third-order valence-corrected chi connectivity index (χ3v) is 4.84. The van der Waals surface area contributed by atoms with Gasteiger partial charge in [0, 0.05) is 19.1 Å². The number of amides is 2. The molecular formula is C19H23ClFN3O3. The number of anilines is 1. The van der Waals surface area contributed by atoms with Gasteiger partial charge in [0.1, 0.15) is 12.1 Å². The Bertz CT molecular complexity index is 824. The third kappa shape index (κ3) is 4.48. The molecule has 1 aliphatic heterocycles. The molecule has 0 radical (unpaired) electrons. The van der Waals surface area contributed by atoms with Crippen LogP contribution in [-0.2, 0) is 0 Å². The normalized spacial score (nSPS) is 18.5. The molecule has 0 bridgehead atoms. The van der Waals surface area contributed by atoms with Gasteiger partial charge in [0.15, 0.2) is 0 Å². The molecule has 1 aromatic heterocycles. The van der Waals surface area contributed by atoms with Gasteiger partial charge in [0.2, 0.25) is 0 Å². The van der Waals surface area contributed by atoms with Crippen LogP contribution >= 0.6 is 12.4 Å². The largest absolute Gasteiger partial charge is 0.472 e. The Labute approximate surface area is 163 Å². The Kier molecular flexibility index (Phi) is 6.28. The quantitative estimate of drug-likeness (QED) is 0.834. The molecule has 2 heterocycles. The summed E-state index contributed by atoms with van der Waals surface area (Å²) in [6.45, 7) is 5.06. The molecule has 6 nitrogen and oxygen atoms in total. The highest BCUT2D eigenvalue weighted by atomic mass is 35.5. The lowest BCUT2D eigenvalue weighted by Gasteiger charge is -2.42. The van der Waals surface area contributed by atoms with Crippen molar-refractivity contribution in [1.29, 1.82) is 0 Å². The van der Waals surface area contributed by atoms with Gasteiger partial charge >= 0.3 is 0 Å². The summed E-state index contributed by atoms with van der Waals surface area (Å²) in [5, 5.41) is 2.59. The van der Waals surface area contributed by atoms with Crippen LogP contribution in [0.15, 0.2) is 41.2 Å². The zero-order chi connectivity index (χ0) is 18.9. The van der Waals surface area contributed by atoms with Crippen molar-refractivity contribution in [3.8, 4) is 0 Å². The number of nitrogens with two attached hydrogens (primary N) is 1. The second kappa shape index (κ2) is 8.10. The van der Waals surface area contributed by atoms with Crippen LogP contribution in [0.3, 0.4) is 0 Å². The van der Waals surface area contributed by atoms with Gasteiger partial charge in [-0.15, -0.1) is 12.4 Å². The van der Waals surface area contributed by atoms with E-state index in [1.54, 1.807) is 4.90 Å². The fourth-order valence-corrected chi connectivity index (χ4v) is 3.11. The molecule has 27 heavy (non-hydrogen) atoms. The van der Waals surface area contributed by atoms with Crippen LogP contribution in [0.1, 0.15) is 41.0 Å². The fourth-order valence-electron chi connectivity index (χ4n) is 3.11. The first-order valence-electron chi connectivity index (χ1n) is 8.46. The third-order valence-electron chi connectivity index (χ3n) is 4.84. The lowest BCUT2D eigenvalue weighted by molar-refractivity contribution is 0.0534. The van der Waals surface area contributed by atoms with Crippen molar-refractivity contribution in [1.82, 2.24) is 4.90 Å². The number of carbonyl (C=O) groups is 2. The molecule has 1 aliphatic rings. The number of halogens is 2. The molecule has 3 N–H and O–H groups in total. The van der Waals surface area contributed by atoms with E-state index in [1.165, 1.54) is 30.7 Å². The number of likely N-dealkylation sites (tertiary alicyclic amines) is 1. The maximum absolute atomic E-state index is 13.7. The van der Waals surface area contributed by atoms with Crippen molar-refractivity contribution in [2.24, 2.45) is 11.1 Å². The zero-order valence-corrected chi connectivity index (χ0v) is 16.0. The molecule has 1 aromatic carbocycles. The molecule has 146 valence electrons. The molecule has 2 amide bonds. The summed E-state index contributed by atoms with van der Waals surface area (Å²) >= 11 is 0. The number of nitrogens with one attached hydrogen (secondary N) is 1. The second-order valence-corrected chi connectivity index (χ2v) is 7.27.